The van der Waals surface area contributed by atoms with Crippen LogP contribution >= 0.6 is 23.2 Å². The molecule has 0 saturated carbocycles. The van der Waals surface area contributed by atoms with E-state index in [4.69, 9.17) is 23.2 Å². The Balaban J connectivity index is 4.62. The molecule has 0 bridgehead atoms. The van der Waals surface area contributed by atoms with Gasteiger partial charge in [0.25, 0.3) is 0 Å². The van der Waals surface area contributed by atoms with E-state index in [9.17, 15) is 4.39 Å². The molecular formula is C9H10Cl2FN. The third-order valence-corrected chi connectivity index (χ3v) is 1.85. The highest BCUT2D eigenvalue weighted by Crippen LogP contribution is 2.18. The van der Waals surface area contributed by atoms with Crippen molar-refractivity contribution in [2.75, 3.05) is 6.67 Å². The number of allylic oxidation sites excluding steroid dienone is 3. The van der Waals surface area contributed by atoms with Crippen LogP contribution in [0.3, 0.4) is 0 Å². The Hall–Kier alpha value is -0.730. The zero-order chi connectivity index (χ0) is 10.4. The Morgan fingerprint density at radius 1 is 1.38 bits per heavy atom. The van der Waals surface area contributed by atoms with Gasteiger partial charge in [-0.05, 0) is 0 Å². The van der Waals surface area contributed by atoms with Crippen LogP contribution in [0.15, 0.2) is 47.9 Å². The van der Waals surface area contributed by atoms with Crippen molar-refractivity contribution in [2.24, 2.45) is 0 Å². The van der Waals surface area contributed by atoms with Crippen molar-refractivity contribution in [1.29, 1.82) is 0 Å². The molecule has 0 N–H and O–H groups in total. The van der Waals surface area contributed by atoms with Gasteiger partial charge < -0.3 is 4.90 Å². The normalized spacial score (nSPS) is 10.8. The number of hydrogen-bond acceptors (Lipinski definition) is 1. The van der Waals surface area contributed by atoms with Crippen LogP contribution in [0.4, 0.5) is 4.39 Å². The summed E-state index contributed by atoms with van der Waals surface area (Å²) < 4.78 is 12.2. The van der Waals surface area contributed by atoms with E-state index >= 15 is 0 Å². The van der Waals surface area contributed by atoms with Gasteiger partial charge in [-0.25, -0.2) is 4.39 Å². The van der Waals surface area contributed by atoms with E-state index in [2.05, 4.69) is 19.7 Å². The fourth-order valence-corrected chi connectivity index (χ4v) is 0.688. The number of nitrogens with zero attached hydrogens (tertiary/aromatic N) is 1. The molecule has 1 nitrogen and oxygen atoms in total. The van der Waals surface area contributed by atoms with Gasteiger partial charge >= 0.3 is 0 Å². The Kier molecular flexibility index (Phi) is 5.51. The quantitative estimate of drug-likeness (QED) is 0.640. The summed E-state index contributed by atoms with van der Waals surface area (Å²) in [4.78, 5) is 1.34. The van der Waals surface area contributed by atoms with Gasteiger partial charge in [0.2, 0.25) is 0 Å². The van der Waals surface area contributed by atoms with E-state index in [0.717, 1.165) is 0 Å². The number of hydrogen-bond donors (Lipinski definition) is 0. The standard InChI is InChI=1S/C9H10Cl2FN/c1-4-13(7(2)5-12)6-9(11)8(3)10/h4,6H,1-3,5H2/b9-6+. The molecule has 0 aliphatic rings. The van der Waals surface area contributed by atoms with Crippen molar-refractivity contribution in [3.8, 4) is 0 Å². The molecule has 4 heteroatoms. The van der Waals surface area contributed by atoms with Crippen molar-refractivity contribution in [3.05, 3.63) is 47.9 Å². The first-order chi connectivity index (χ1) is 6.02. The highest BCUT2D eigenvalue weighted by Gasteiger charge is 2.02. The fourth-order valence-electron chi connectivity index (χ4n) is 0.534. The topological polar surface area (TPSA) is 3.24 Å². The molecular weight excluding hydrogens is 212 g/mol. The van der Waals surface area contributed by atoms with Gasteiger partial charge in [0.15, 0.2) is 0 Å². The lowest BCUT2D eigenvalue weighted by molar-refractivity contribution is 0.469. The molecule has 0 aromatic carbocycles. The van der Waals surface area contributed by atoms with E-state index in [1.807, 2.05) is 0 Å². The molecule has 0 aromatic heterocycles. The summed E-state index contributed by atoms with van der Waals surface area (Å²) in [6.45, 7) is 9.65. The van der Waals surface area contributed by atoms with Crippen molar-refractivity contribution in [1.82, 2.24) is 4.90 Å². The number of halogens is 3. The maximum atomic E-state index is 12.2. The van der Waals surface area contributed by atoms with Crippen molar-refractivity contribution in [3.63, 3.8) is 0 Å². The van der Waals surface area contributed by atoms with Crippen LogP contribution in [-0.2, 0) is 0 Å². The Morgan fingerprint density at radius 2 is 1.92 bits per heavy atom. The van der Waals surface area contributed by atoms with E-state index in [1.54, 1.807) is 0 Å². The largest absolute Gasteiger partial charge is 0.325 e. The van der Waals surface area contributed by atoms with Crippen LogP contribution in [0, 0.1) is 0 Å². The first-order valence-electron chi connectivity index (χ1n) is 3.39. The van der Waals surface area contributed by atoms with Gasteiger partial charge in [-0.1, -0.05) is 42.9 Å². The number of rotatable bonds is 5. The Bertz CT molecular complexity index is 258. The minimum atomic E-state index is -0.679. The summed E-state index contributed by atoms with van der Waals surface area (Å²) in [5.74, 6) is 0. The Morgan fingerprint density at radius 3 is 2.23 bits per heavy atom. The average molecular weight is 222 g/mol. The second kappa shape index (κ2) is 5.84. The molecule has 0 saturated heterocycles. The van der Waals surface area contributed by atoms with Gasteiger partial charge in [0.05, 0.1) is 10.1 Å². The smallest absolute Gasteiger partial charge is 0.129 e. The molecule has 0 radical (unpaired) electrons. The van der Waals surface area contributed by atoms with Crippen molar-refractivity contribution < 1.29 is 4.39 Å². The molecule has 13 heavy (non-hydrogen) atoms. The molecule has 0 aliphatic carbocycles. The van der Waals surface area contributed by atoms with Gasteiger partial charge in [0.1, 0.15) is 6.67 Å². The molecule has 0 rings (SSSR count). The Labute approximate surface area is 87.4 Å². The molecule has 0 heterocycles. The van der Waals surface area contributed by atoms with Gasteiger partial charge in [-0.15, -0.1) is 0 Å². The molecule has 0 aromatic rings. The molecule has 0 unspecified atom stereocenters. The monoisotopic (exact) mass is 221 g/mol. The zero-order valence-corrected chi connectivity index (χ0v) is 8.58. The predicted molar refractivity (Wildman–Crippen MR) is 56.1 cm³/mol. The van der Waals surface area contributed by atoms with Gasteiger partial charge in [-0.2, -0.15) is 0 Å². The summed E-state index contributed by atoms with van der Waals surface area (Å²) in [7, 11) is 0. The van der Waals surface area contributed by atoms with Gasteiger partial charge in [-0.3, -0.25) is 0 Å². The second-order valence-corrected chi connectivity index (χ2v) is 3.04. The van der Waals surface area contributed by atoms with Crippen LogP contribution in [0.5, 0.6) is 0 Å². The van der Waals surface area contributed by atoms with E-state index in [0.29, 0.717) is 0 Å². The molecule has 0 spiro atoms. The highest BCUT2D eigenvalue weighted by atomic mass is 35.5. The first kappa shape index (κ1) is 12.3. The fraction of sp³-hybridized carbons (Fsp3) is 0.111. The van der Waals surface area contributed by atoms with E-state index in [-0.39, 0.29) is 15.8 Å². The van der Waals surface area contributed by atoms with Crippen molar-refractivity contribution >= 4 is 23.2 Å². The number of alkyl halides is 1. The summed E-state index contributed by atoms with van der Waals surface area (Å²) in [6.07, 6.45) is 2.77. The van der Waals surface area contributed by atoms with Crippen LogP contribution in [-0.4, -0.2) is 11.6 Å². The zero-order valence-electron chi connectivity index (χ0n) is 7.06. The van der Waals surface area contributed by atoms with Crippen molar-refractivity contribution in [2.45, 2.75) is 0 Å². The second-order valence-electron chi connectivity index (χ2n) is 2.17. The minimum absolute atomic E-state index is 0.181. The maximum absolute atomic E-state index is 12.2. The summed E-state index contributed by atoms with van der Waals surface area (Å²) in [5, 5.41) is 0.399. The SMILES string of the molecule is C=CN(/C=C(/Cl)C(=C)Cl)C(=C)CF. The summed E-state index contributed by atoms with van der Waals surface area (Å²) in [6, 6.07) is 0. The van der Waals surface area contributed by atoms with Crippen LogP contribution in [0.1, 0.15) is 0 Å². The first-order valence-corrected chi connectivity index (χ1v) is 4.15. The summed E-state index contributed by atoms with van der Waals surface area (Å²) >= 11 is 11.2. The summed E-state index contributed by atoms with van der Waals surface area (Å²) in [5.41, 5.74) is 0.228. The van der Waals surface area contributed by atoms with Crippen LogP contribution in [0.25, 0.3) is 0 Å². The lowest BCUT2D eigenvalue weighted by Crippen LogP contribution is -2.09. The van der Waals surface area contributed by atoms with Crippen LogP contribution < -0.4 is 0 Å². The van der Waals surface area contributed by atoms with E-state index in [1.165, 1.54) is 17.3 Å². The average Bonchev–Trinajstić information content (AvgIpc) is 2.12. The van der Waals surface area contributed by atoms with E-state index < -0.39 is 6.67 Å². The molecule has 0 amide bonds. The molecule has 72 valence electrons. The maximum Gasteiger partial charge on any atom is 0.129 e. The molecule has 0 aliphatic heterocycles. The lowest BCUT2D eigenvalue weighted by atomic mass is 10.4. The third kappa shape index (κ3) is 4.15. The highest BCUT2D eigenvalue weighted by molar-refractivity contribution is 6.43. The predicted octanol–water partition coefficient (Wildman–Crippen LogP) is 3.75. The van der Waals surface area contributed by atoms with Gasteiger partial charge in [0, 0.05) is 18.1 Å². The van der Waals surface area contributed by atoms with Crippen LogP contribution in [0.2, 0.25) is 0 Å². The molecule has 0 fully saturated rings. The third-order valence-electron chi connectivity index (χ3n) is 1.23. The minimum Gasteiger partial charge on any atom is -0.325 e. The lowest BCUT2D eigenvalue weighted by Gasteiger charge is -2.15. The molecule has 0 atom stereocenters.